The fourth-order valence-corrected chi connectivity index (χ4v) is 2.00. The summed E-state index contributed by atoms with van der Waals surface area (Å²) in [5.41, 5.74) is 1.50. The van der Waals surface area contributed by atoms with E-state index >= 15 is 0 Å². The number of nitrogens with zero attached hydrogens (tertiary/aromatic N) is 2. The van der Waals surface area contributed by atoms with Crippen LogP contribution in [-0.4, -0.2) is 40.3 Å². The second-order valence-corrected chi connectivity index (χ2v) is 4.47. The average Bonchev–Trinajstić information content (AvgIpc) is 2.67. The molecule has 0 spiro atoms. The van der Waals surface area contributed by atoms with Crippen molar-refractivity contribution in [3.8, 4) is 0 Å². The molecule has 2 N–H and O–H groups in total. The SMILES string of the molecule is C=CCN(CC(=O)O)C(=O)NC(C)c1c(C)noc1C. The zero-order chi connectivity index (χ0) is 15.3. The van der Waals surface area contributed by atoms with Crippen LogP contribution < -0.4 is 5.32 Å². The Morgan fingerprint density at radius 1 is 1.55 bits per heavy atom. The van der Waals surface area contributed by atoms with Crippen molar-refractivity contribution in [1.29, 1.82) is 0 Å². The van der Waals surface area contributed by atoms with E-state index in [-0.39, 0.29) is 19.1 Å². The fraction of sp³-hybridized carbons (Fsp3) is 0.462. The smallest absolute Gasteiger partial charge is 0.323 e. The maximum Gasteiger partial charge on any atom is 0.323 e. The number of nitrogens with one attached hydrogen (secondary N) is 1. The molecule has 0 aromatic carbocycles. The van der Waals surface area contributed by atoms with Gasteiger partial charge in [-0.25, -0.2) is 4.79 Å². The number of hydrogen-bond acceptors (Lipinski definition) is 4. The van der Waals surface area contributed by atoms with Crippen molar-refractivity contribution in [2.75, 3.05) is 13.1 Å². The molecule has 2 amide bonds. The van der Waals surface area contributed by atoms with Crippen molar-refractivity contribution in [2.45, 2.75) is 26.8 Å². The van der Waals surface area contributed by atoms with Crippen molar-refractivity contribution in [1.82, 2.24) is 15.4 Å². The van der Waals surface area contributed by atoms with Gasteiger partial charge in [-0.15, -0.1) is 6.58 Å². The zero-order valence-electron chi connectivity index (χ0n) is 11.8. The minimum atomic E-state index is -1.08. The van der Waals surface area contributed by atoms with Crippen molar-refractivity contribution >= 4 is 12.0 Å². The predicted octanol–water partition coefficient (Wildman–Crippen LogP) is 1.63. The van der Waals surface area contributed by atoms with E-state index in [0.717, 1.165) is 10.5 Å². The molecule has 0 saturated heterocycles. The van der Waals surface area contributed by atoms with Crippen molar-refractivity contribution in [2.24, 2.45) is 0 Å². The number of carbonyl (C=O) groups excluding carboxylic acids is 1. The molecule has 1 aromatic heterocycles. The van der Waals surface area contributed by atoms with E-state index in [0.29, 0.717) is 11.5 Å². The summed E-state index contributed by atoms with van der Waals surface area (Å²) in [6.45, 7) is 8.62. The van der Waals surface area contributed by atoms with Crippen LogP contribution >= 0.6 is 0 Å². The quantitative estimate of drug-likeness (QED) is 0.773. The number of rotatable bonds is 6. The van der Waals surface area contributed by atoms with Gasteiger partial charge in [0.1, 0.15) is 12.3 Å². The van der Waals surface area contributed by atoms with E-state index in [4.69, 9.17) is 9.63 Å². The molecule has 0 aliphatic heterocycles. The van der Waals surface area contributed by atoms with Crippen LogP contribution in [0.2, 0.25) is 0 Å². The number of amides is 2. The van der Waals surface area contributed by atoms with Gasteiger partial charge in [0.2, 0.25) is 0 Å². The molecule has 110 valence electrons. The summed E-state index contributed by atoms with van der Waals surface area (Å²) in [6.07, 6.45) is 1.48. The van der Waals surface area contributed by atoms with Crippen LogP contribution in [0.25, 0.3) is 0 Å². The molecule has 0 aliphatic rings. The Morgan fingerprint density at radius 2 is 2.20 bits per heavy atom. The van der Waals surface area contributed by atoms with Gasteiger partial charge in [-0.3, -0.25) is 4.79 Å². The van der Waals surface area contributed by atoms with Crippen LogP contribution in [0, 0.1) is 13.8 Å². The Morgan fingerprint density at radius 3 is 2.65 bits per heavy atom. The number of carboxylic acids is 1. The van der Waals surface area contributed by atoms with Gasteiger partial charge < -0.3 is 19.8 Å². The largest absolute Gasteiger partial charge is 0.480 e. The lowest BCUT2D eigenvalue weighted by atomic mass is 10.1. The number of hydrogen-bond donors (Lipinski definition) is 2. The van der Waals surface area contributed by atoms with E-state index in [2.05, 4.69) is 17.1 Å². The lowest BCUT2D eigenvalue weighted by Gasteiger charge is -2.22. The molecule has 1 heterocycles. The first kappa shape index (κ1) is 15.7. The first-order valence-electron chi connectivity index (χ1n) is 6.17. The Hall–Kier alpha value is -2.31. The summed E-state index contributed by atoms with van der Waals surface area (Å²) < 4.78 is 5.05. The van der Waals surface area contributed by atoms with E-state index in [9.17, 15) is 9.59 Å². The van der Waals surface area contributed by atoms with Gasteiger partial charge in [-0.2, -0.15) is 0 Å². The first-order valence-corrected chi connectivity index (χ1v) is 6.17. The summed E-state index contributed by atoms with van der Waals surface area (Å²) >= 11 is 0. The summed E-state index contributed by atoms with van der Waals surface area (Å²) in [6, 6.07) is -0.797. The molecule has 7 nitrogen and oxygen atoms in total. The maximum atomic E-state index is 12.0. The molecule has 1 atom stereocenters. The minimum Gasteiger partial charge on any atom is -0.480 e. The lowest BCUT2D eigenvalue weighted by molar-refractivity contribution is -0.137. The maximum absolute atomic E-state index is 12.0. The third-order valence-electron chi connectivity index (χ3n) is 2.82. The van der Waals surface area contributed by atoms with Crippen molar-refractivity contribution < 1.29 is 19.2 Å². The monoisotopic (exact) mass is 281 g/mol. The molecule has 1 rings (SSSR count). The zero-order valence-corrected chi connectivity index (χ0v) is 11.8. The van der Waals surface area contributed by atoms with E-state index in [1.54, 1.807) is 20.8 Å². The average molecular weight is 281 g/mol. The third kappa shape index (κ3) is 3.84. The second kappa shape index (κ2) is 6.74. The molecule has 20 heavy (non-hydrogen) atoms. The number of carbonyl (C=O) groups is 2. The number of urea groups is 1. The van der Waals surface area contributed by atoms with Gasteiger partial charge in [0, 0.05) is 12.1 Å². The Bertz CT molecular complexity index is 490. The number of carboxylic acid groups (broad SMARTS) is 1. The van der Waals surface area contributed by atoms with Crippen LogP contribution in [0.4, 0.5) is 4.79 Å². The minimum absolute atomic E-state index is 0.159. The molecular weight excluding hydrogens is 262 g/mol. The van der Waals surface area contributed by atoms with Crippen LogP contribution in [-0.2, 0) is 4.79 Å². The summed E-state index contributed by atoms with van der Waals surface area (Å²) in [5.74, 6) is -0.448. The molecule has 0 radical (unpaired) electrons. The van der Waals surface area contributed by atoms with Gasteiger partial charge in [0.25, 0.3) is 0 Å². The van der Waals surface area contributed by atoms with Crippen LogP contribution in [0.3, 0.4) is 0 Å². The predicted molar refractivity (Wildman–Crippen MR) is 72.3 cm³/mol. The van der Waals surface area contributed by atoms with Crippen molar-refractivity contribution in [3.63, 3.8) is 0 Å². The highest BCUT2D eigenvalue weighted by Crippen LogP contribution is 2.20. The summed E-state index contributed by atoms with van der Waals surface area (Å²) in [5, 5.41) is 15.3. The van der Waals surface area contributed by atoms with E-state index < -0.39 is 12.0 Å². The molecule has 0 fully saturated rings. The molecule has 1 unspecified atom stereocenters. The molecule has 7 heteroatoms. The highest BCUT2D eigenvalue weighted by Gasteiger charge is 2.21. The first-order chi connectivity index (χ1) is 9.36. The number of aromatic nitrogens is 1. The topological polar surface area (TPSA) is 95.7 Å². The van der Waals surface area contributed by atoms with Crippen LogP contribution in [0.5, 0.6) is 0 Å². The van der Waals surface area contributed by atoms with Gasteiger partial charge in [0.15, 0.2) is 0 Å². The van der Waals surface area contributed by atoms with Gasteiger partial charge in [-0.05, 0) is 20.8 Å². The standard InChI is InChI=1S/C13H19N3O4/c1-5-6-16(7-11(17)18)13(19)14-8(2)12-9(3)15-20-10(12)4/h5,8H,1,6-7H2,2-4H3,(H,14,19)(H,17,18). The van der Waals surface area contributed by atoms with E-state index in [1.165, 1.54) is 6.08 Å². The highest BCUT2D eigenvalue weighted by atomic mass is 16.5. The van der Waals surface area contributed by atoms with Gasteiger partial charge in [0.05, 0.1) is 11.7 Å². The third-order valence-corrected chi connectivity index (χ3v) is 2.82. The number of aliphatic carboxylic acids is 1. The highest BCUT2D eigenvalue weighted by molar-refractivity contribution is 5.80. The molecule has 1 aromatic rings. The molecule has 0 bridgehead atoms. The van der Waals surface area contributed by atoms with Crippen molar-refractivity contribution in [3.05, 3.63) is 29.7 Å². The number of aryl methyl sites for hydroxylation is 2. The molecule has 0 aliphatic carbocycles. The lowest BCUT2D eigenvalue weighted by Crippen LogP contribution is -2.43. The van der Waals surface area contributed by atoms with E-state index in [1.807, 2.05) is 0 Å². The summed E-state index contributed by atoms with van der Waals surface area (Å²) in [4.78, 5) is 23.9. The normalized spacial score (nSPS) is 11.8. The Labute approximate surface area is 117 Å². The fourth-order valence-electron chi connectivity index (χ4n) is 2.00. The van der Waals surface area contributed by atoms with Gasteiger partial charge >= 0.3 is 12.0 Å². The molecular formula is C13H19N3O4. The Kier molecular flexibility index (Phi) is 5.31. The summed E-state index contributed by atoms with van der Waals surface area (Å²) in [7, 11) is 0. The van der Waals surface area contributed by atoms with Gasteiger partial charge in [-0.1, -0.05) is 11.2 Å². The molecule has 0 saturated carbocycles. The van der Waals surface area contributed by atoms with Crippen LogP contribution in [0.1, 0.15) is 30.0 Å². The second-order valence-electron chi connectivity index (χ2n) is 4.47. The Balaban J connectivity index is 2.77. The van der Waals surface area contributed by atoms with Crippen LogP contribution in [0.15, 0.2) is 17.2 Å².